The molecule has 0 saturated heterocycles. The van der Waals surface area contributed by atoms with Gasteiger partial charge >= 0.3 is 12.2 Å². The molecule has 0 spiro atoms. The first-order valence-electron chi connectivity index (χ1n) is 8.98. The number of Topliss-reactive ketones (excluding diaryl/α,β-unsaturated/α-hetero) is 1. The van der Waals surface area contributed by atoms with Crippen molar-refractivity contribution in [1.82, 2.24) is 5.32 Å². The van der Waals surface area contributed by atoms with Crippen molar-refractivity contribution in [1.29, 1.82) is 0 Å². The molecular weight excluding hydrogens is 266 g/mol. The van der Waals surface area contributed by atoms with Crippen LogP contribution in [0.1, 0.15) is 43.1 Å². The minimum atomic E-state index is -3.62. The third kappa shape index (κ3) is 7.40. The average Bonchev–Trinajstić information content (AvgIpc) is 2.48. The molecule has 0 aliphatic heterocycles. The van der Waals surface area contributed by atoms with Crippen LogP contribution in [-0.2, 0) is 19.1 Å². The van der Waals surface area contributed by atoms with Crippen molar-refractivity contribution in [3.05, 3.63) is 5.53 Å². The molecule has 0 aromatic heterocycles. The molecule has 20 heavy (non-hydrogen) atoms. The number of carbonyl (C=O) groups is 3. The summed E-state index contributed by atoms with van der Waals surface area (Å²) in [6.45, 7) is -6.04. The maximum atomic E-state index is 12.2. The van der Waals surface area contributed by atoms with Crippen molar-refractivity contribution in [2.45, 2.75) is 51.7 Å². The standard InChI is InChI=1S/C12H19N3O5/c1-7(2)20-12(19)10(15-11(18)8(3)16)5-4-9(17)6-14-13/h6-8,10,16H,4-5H2,1-3H3,(H,15,18)/t8-,10-/m0/s1/i1D3,2D3,7D. The number of ketones is 1. The molecule has 0 aliphatic carbocycles. The lowest BCUT2D eigenvalue weighted by atomic mass is 10.1. The van der Waals surface area contributed by atoms with Crippen LogP contribution in [0.5, 0.6) is 0 Å². The molecular formula is C12H19N3O5. The second-order valence-electron chi connectivity index (χ2n) is 3.74. The van der Waals surface area contributed by atoms with E-state index < -0.39 is 62.4 Å². The molecule has 0 rings (SSSR count). The van der Waals surface area contributed by atoms with E-state index in [2.05, 4.69) is 9.53 Å². The number of hydrogen-bond acceptors (Lipinski definition) is 5. The summed E-state index contributed by atoms with van der Waals surface area (Å²) in [5, 5.41) is 11.2. The molecule has 0 bridgehead atoms. The Kier molecular flexibility index (Phi) is 4.02. The topological polar surface area (TPSA) is 129 Å². The summed E-state index contributed by atoms with van der Waals surface area (Å²) in [6.07, 6.45) is -5.67. The number of rotatable bonds is 8. The minimum absolute atomic E-state index is 0.476. The number of amides is 1. The summed E-state index contributed by atoms with van der Waals surface area (Å²) in [4.78, 5) is 37.7. The average molecular weight is 292 g/mol. The van der Waals surface area contributed by atoms with Gasteiger partial charge in [-0.05, 0) is 27.0 Å². The number of ether oxygens (including phenoxy) is 1. The zero-order valence-corrected chi connectivity index (χ0v) is 10.6. The maximum absolute atomic E-state index is 12.2. The molecule has 0 aromatic rings. The van der Waals surface area contributed by atoms with Crippen LogP contribution in [0.2, 0.25) is 0 Å². The van der Waals surface area contributed by atoms with E-state index in [1.54, 1.807) is 0 Å². The van der Waals surface area contributed by atoms with Gasteiger partial charge in [-0.3, -0.25) is 9.59 Å². The quantitative estimate of drug-likeness (QED) is 0.268. The molecule has 0 radical (unpaired) electrons. The van der Waals surface area contributed by atoms with Crippen LogP contribution in [0.25, 0.3) is 5.53 Å². The molecule has 0 heterocycles. The molecule has 0 aliphatic rings. The van der Waals surface area contributed by atoms with E-state index in [-0.39, 0.29) is 0 Å². The maximum Gasteiger partial charge on any atom is 0.328 e. The Labute approximate surface area is 126 Å². The zero-order valence-electron chi connectivity index (χ0n) is 17.6. The molecule has 0 aromatic carbocycles. The first kappa shape index (κ1) is 8.99. The summed E-state index contributed by atoms with van der Waals surface area (Å²) in [6, 6.07) is -1.74. The molecule has 2 atom stereocenters. The van der Waals surface area contributed by atoms with Gasteiger partial charge in [0.05, 0.1) is 7.45 Å². The molecule has 0 unspecified atom stereocenters. The lowest BCUT2D eigenvalue weighted by Gasteiger charge is -2.19. The van der Waals surface area contributed by atoms with Gasteiger partial charge in [0, 0.05) is 14.6 Å². The number of aliphatic hydroxyl groups excluding tert-OH is 1. The Balaban J connectivity index is 5.62. The Morgan fingerprint density at radius 2 is 2.20 bits per heavy atom. The van der Waals surface area contributed by atoms with Crippen molar-refractivity contribution in [3.63, 3.8) is 0 Å². The summed E-state index contributed by atoms with van der Waals surface area (Å²) < 4.78 is 55.2. The number of esters is 1. The third-order valence-corrected chi connectivity index (χ3v) is 2.06. The van der Waals surface area contributed by atoms with Crippen LogP contribution in [-0.4, -0.2) is 52.0 Å². The Morgan fingerprint density at radius 1 is 1.55 bits per heavy atom. The van der Waals surface area contributed by atoms with Crippen molar-refractivity contribution in [2.75, 3.05) is 0 Å². The minimum Gasteiger partial charge on any atom is -0.461 e. The fourth-order valence-corrected chi connectivity index (χ4v) is 1.13. The van der Waals surface area contributed by atoms with Crippen LogP contribution < -0.4 is 5.32 Å². The predicted molar refractivity (Wildman–Crippen MR) is 68.8 cm³/mol. The van der Waals surface area contributed by atoms with Crippen molar-refractivity contribution < 1.29 is 38.6 Å². The summed E-state index contributed by atoms with van der Waals surface area (Å²) in [5.41, 5.74) is 8.27. The van der Waals surface area contributed by atoms with E-state index in [1.807, 2.05) is 5.32 Å². The summed E-state index contributed by atoms with van der Waals surface area (Å²) in [5.74, 6) is -3.45. The van der Waals surface area contributed by atoms with E-state index in [4.69, 9.17) is 15.1 Å². The van der Waals surface area contributed by atoms with Gasteiger partial charge < -0.3 is 20.7 Å². The smallest absolute Gasteiger partial charge is 0.328 e. The normalized spacial score (nSPS) is 20.0. The van der Waals surface area contributed by atoms with Crippen LogP contribution in [0.3, 0.4) is 0 Å². The zero-order chi connectivity index (χ0) is 21.6. The van der Waals surface area contributed by atoms with E-state index in [1.165, 1.54) is 0 Å². The van der Waals surface area contributed by atoms with Crippen molar-refractivity contribution in [2.24, 2.45) is 0 Å². The van der Waals surface area contributed by atoms with Crippen LogP contribution in [0.4, 0.5) is 0 Å². The van der Waals surface area contributed by atoms with Gasteiger partial charge in [0.1, 0.15) is 12.1 Å². The lowest BCUT2D eigenvalue weighted by molar-refractivity contribution is -0.152. The van der Waals surface area contributed by atoms with Gasteiger partial charge in [0.25, 0.3) is 0 Å². The van der Waals surface area contributed by atoms with Crippen LogP contribution in [0.15, 0.2) is 0 Å². The molecule has 0 fully saturated rings. The van der Waals surface area contributed by atoms with E-state index in [9.17, 15) is 19.5 Å². The summed E-state index contributed by atoms with van der Waals surface area (Å²) in [7, 11) is 0. The van der Waals surface area contributed by atoms with E-state index >= 15 is 0 Å². The largest absolute Gasteiger partial charge is 0.461 e. The van der Waals surface area contributed by atoms with Crippen molar-refractivity contribution >= 4 is 23.9 Å². The number of aliphatic hydroxyl groups is 1. The van der Waals surface area contributed by atoms with Gasteiger partial charge in [-0.25, -0.2) is 4.79 Å². The first-order chi connectivity index (χ1) is 12.1. The second-order valence-corrected chi connectivity index (χ2v) is 3.74. The Bertz CT molecular complexity index is 612. The molecule has 112 valence electrons. The fourth-order valence-electron chi connectivity index (χ4n) is 1.13. The Hall–Kier alpha value is -2.05. The molecule has 1 amide bonds. The number of carbonyl (C=O) groups excluding carboxylic acids is 3. The van der Waals surface area contributed by atoms with Gasteiger partial charge in [-0.1, -0.05) is 0 Å². The highest BCUT2D eigenvalue weighted by Gasteiger charge is 2.25. The molecule has 0 saturated carbocycles. The molecule has 2 N–H and O–H groups in total. The highest BCUT2D eigenvalue weighted by Crippen LogP contribution is 2.03. The number of nitrogens with zero attached hydrogens (tertiary/aromatic N) is 2. The second kappa shape index (κ2) is 8.95. The monoisotopic (exact) mass is 292 g/mol. The van der Waals surface area contributed by atoms with Crippen LogP contribution >= 0.6 is 0 Å². The van der Waals surface area contributed by atoms with Crippen molar-refractivity contribution in [3.8, 4) is 0 Å². The van der Waals surface area contributed by atoms with Gasteiger partial charge in [-0.2, -0.15) is 4.79 Å². The first-order valence-corrected chi connectivity index (χ1v) is 5.48. The SMILES string of the molecule is [2H]C([2H])([2H])C([2H])(OC(=O)[C@H](CCC(=O)C=[N+]=[N-])NC(=O)[C@H](C)O)C([2H])([2H])[2H]. The summed E-state index contributed by atoms with van der Waals surface area (Å²) >= 11 is 0. The highest BCUT2D eigenvalue weighted by molar-refractivity contribution is 6.25. The van der Waals surface area contributed by atoms with Gasteiger partial charge in [0.2, 0.25) is 11.7 Å². The third-order valence-electron chi connectivity index (χ3n) is 2.06. The molecule has 8 heteroatoms. The number of hydrogen-bond donors (Lipinski definition) is 2. The predicted octanol–water partition coefficient (Wildman–Crippen LogP) is -0.547. The lowest BCUT2D eigenvalue weighted by Crippen LogP contribution is -2.46. The van der Waals surface area contributed by atoms with E-state index in [0.717, 1.165) is 6.92 Å². The van der Waals surface area contributed by atoms with Crippen LogP contribution in [0, 0.1) is 0 Å². The molecule has 8 nitrogen and oxygen atoms in total. The fraction of sp³-hybridized carbons (Fsp3) is 0.667. The van der Waals surface area contributed by atoms with Gasteiger partial charge in [0.15, 0.2) is 0 Å². The highest BCUT2D eigenvalue weighted by atomic mass is 16.5. The number of nitrogens with one attached hydrogen (secondary N) is 1. The van der Waals surface area contributed by atoms with Gasteiger partial charge in [-0.15, -0.1) is 0 Å². The van der Waals surface area contributed by atoms with E-state index in [0.29, 0.717) is 6.21 Å². The Morgan fingerprint density at radius 3 is 2.70 bits per heavy atom.